The Balaban J connectivity index is 2.16. The molecule has 2 aromatic heterocycles. The molecule has 1 aliphatic rings. The van der Waals surface area contributed by atoms with Crippen LogP contribution < -0.4 is 0 Å². The molecule has 1 N–H and O–H groups in total. The Hall–Kier alpha value is -1.97. The molecule has 0 aromatic carbocycles. The molecule has 0 saturated carbocycles. The Morgan fingerprint density at radius 1 is 1.17 bits per heavy atom. The zero-order valence-corrected chi connectivity index (χ0v) is 10.0. The predicted molar refractivity (Wildman–Crippen MR) is 67.8 cm³/mol. The van der Waals surface area contributed by atoms with Crippen molar-refractivity contribution < 1.29 is 9.90 Å². The van der Waals surface area contributed by atoms with Gasteiger partial charge in [-0.05, 0) is 43.4 Å². The summed E-state index contributed by atoms with van der Waals surface area (Å²) < 4.78 is 0. The molecule has 4 heteroatoms. The van der Waals surface area contributed by atoms with Crippen molar-refractivity contribution in [3.63, 3.8) is 0 Å². The number of aryl methyl sites for hydroxylation is 2. The number of carboxylic acids is 1. The highest BCUT2D eigenvalue weighted by molar-refractivity contribution is 5.91. The van der Waals surface area contributed by atoms with E-state index in [2.05, 4.69) is 16.0 Å². The summed E-state index contributed by atoms with van der Waals surface area (Å²) in [5.74, 6) is -0.945. The summed E-state index contributed by atoms with van der Waals surface area (Å²) in [4.78, 5) is 19.6. The average molecular weight is 242 g/mol. The third-order valence-corrected chi connectivity index (χ3v) is 3.44. The lowest BCUT2D eigenvalue weighted by molar-refractivity contribution is 0.0696. The maximum Gasteiger partial charge on any atom is 0.337 e. The smallest absolute Gasteiger partial charge is 0.337 e. The van der Waals surface area contributed by atoms with E-state index in [0.717, 1.165) is 23.9 Å². The summed E-state index contributed by atoms with van der Waals surface area (Å²) in [5.41, 5.74) is 3.26. The van der Waals surface area contributed by atoms with E-state index in [1.54, 1.807) is 6.07 Å². The lowest BCUT2D eigenvalue weighted by Crippen LogP contribution is -2.01. The second-order valence-electron chi connectivity index (χ2n) is 4.73. The quantitative estimate of drug-likeness (QED) is 0.781. The Bertz CT molecular complexity index is 622. The second kappa shape index (κ2) is 4.37. The van der Waals surface area contributed by atoms with Gasteiger partial charge in [0.25, 0.3) is 0 Å². The second-order valence-corrected chi connectivity index (χ2v) is 4.73. The van der Waals surface area contributed by atoms with Crippen molar-refractivity contribution in [3.05, 3.63) is 35.2 Å². The maximum absolute atomic E-state index is 10.9. The van der Waals surface area contributed by atoms with Crippen LogP contribution in [0.3, 0.4) is 0 Å². The number of aromatic carboxylic acids is 1. The fraction of sp³-hybridized carbons (Fsp3) is 0.357. The van der Waals surface area contributed by atoms with Gasteiger partial charge in [-0.15, -0.1) is 0 Å². The topological polar surface area (TPSA) is 63.1 Å². The van der Waals surface area contributed by atoms with Gasteiger partial charge < -0.3 is 5.11 Å². The highest BCUT2D eigenvalue weighted by Crippen LogP contribution is 2.23. The SMILES string of the molecule is O=C(O)c1cnc2nc3c(cc2c1)CCCCC3. The van der Waals surface area contributed by atoms with Crippen molar-refractivity contribution in [2.24, 2.45) is 0 Å². The Morgan fingerprint density at radius 3 is 2.83 bits per heavy atom. The number of rotatable bonds is 1. The molecule has 0 amide bonds. The van der Waals surface area contributed by atoms with Gasteiger partial charge in [-0.25, -0.2) is 14.8 Å². The van der Waals surface area contributed by atoms with Gasteiger partial charge in [0, 0.05) is 17.3 Å². The molecule has 2 heterocycles. The minimum Gasteiger partial charge on any atom is -0.478 e. The molecular weight excluding hydrogens is 228 g/mol. The van der Waals surface area contributed by atoms with E-state index in [0.29, 0.717) is 5.65 Å². The van der Waals surface area contributed by atoms with Crippen molar-refractivity contribution in [1.82, 2.24) is 9.97 Å². The number of nitrogens with zero attached hydrogens (tertiary/aromatic N) is 2. The van der Waals surface area contributed by atoms with E-state index in [1.165, 1.54) is 31.0 Å². The Kier molecular flexibility index (Phi) is 2.70. The number of carboxylic acid groups (broad SMARTS) is 1. The highest BCUT2D eigenvalue weighted by atomic mass is 16.4. The van der Waals surface area contributed by atoms with Gasteiger partial charge in [-0.3, -0.25) is 0 Å². The molecule has 3 rings (SSSR count). The maximum atomic E-state index is 10.9. The molecule has 0 aliphatic heterocycles. The van der Waals surface area contributed by atoms with Gasteiger partial charge in [0.05, 0.1) is 5.56 Å². The Morgan fingerprint density at radius 2 is 2.00 bits per heavy atom. The molecule has 0 spiro atoms. The lowest BCUT2D eigenvalue weighted by atomic mass is 10.1. The first-order valence-corrected chi connectivity index (χ1v) is 6.26. The zero-order valence-electron chi connectivity index (χ0n) is 10.0. The normalized spacial score (nSPS) is 15.1. The van der Waals surface area contributed by atoms with Crippen LogP contribution in [0.15, 0.2) is 18.3 Å². The van der Waals surface area contributed by atoms with Crippen LogP contribution >= 0.6 is 0 Å². The summed E-state index contributed by atoms with van der Waals surface area (Å²) >= 11 is 0. The molecule has 2 aromatic rings. The molecule has 92 valence electrons. The van der Waals surface area contributed by atoms with Crippen molar-refractivity contribution in [1.29, 1.82) is 0 Å². The monoisotopic (exact) mass is 242 g/mol. The van der Waals surface area contributed by atoms with E-state index in [9.17, 15) is 4.79 Å². The number of hydrogen-bond donors (Lipinski definition) is 1. The van der Waals surface area contributed by atoms with Crippen LogP contribution in [-0.4, -0.2) is 21.0 Å². The first-order valence-electron chi connectivity index (χ1n) is 6.26. The van der Waals surface area contributed by atoms with Crippen LogP contribution in [-0.2, 0) is 12.8 Å². The summed E-state index contributed by atoms with van der Waals surface area (Å²) in [5, 5.41) is 9.80. The van der Waals surface area contributed by atoms with Gasteiger partial charge in [0.2, 0.25) is 0 Å². The van der Waals surface area contributed by atoms with Crippen molar-refractivity contribution in [2.75, 3.05) is 0 Å². The first-order chi connectivity index (χ1) is 8.74. The molecule has 1 aliphatic carbocycles. The van der Waals surface area contributed by atoms with Crippen molar-refractivity contribution in [3.8, 4) is 0 Å². The van der Waals surface area contributed by atoms with E-state index < -0.39 is 5.97 Å². The van der Waals surface area contributed by atoms with Gasteiger partial charge in [0.1, 0.15) is 0 Å². The number of aromatic nitrogens is 2. The fourth-order valence-electron chi connectivity index (χ4n) is 2.48. The fourth-order valence-corrected chi connectivity index (χ4v) is 2.48. The standard InChI is InChI=1S/C14H14N2O2/c17-14(18)11-7-10-6-9-4-2-1-3-5-12(9)16-13(10)15-8-11/h6-8H,1-5H2,(H,17,18). The van der Waals surface area contributed by atoms with E-state index in [-0.39, 0.29) is 5.56 Å². The van der Waals surface area contributed by atoms with Gasteiger partial charge in [0.15, 0.2) is 5.65 Å². The lowest BCUT2D eigenvalue weighted by Gasteiger charge is -2.07. The minimum absolute atomic E-state index is 0.220. The van der Waals surface area contributed by atoms with E-state index in [4.69, 9.17) is 5.11 Å². The van der Waals surface area contributed by atoms with Crippen LogP contribution in [0.1, 0.15) is 40.9 Å². The largest absolute Gasteiger partial charge is 0.478 e. The van der Waals surface area contributed by atoms with Crippen molar-refractivity contribution in [2.45, 2.75) is 32.1 Å². The van der Waals surface area contributed by atoms with Crippen molar-refractivity contribution >= 4 is 17.0 Å². The average Bonchev–Trinajstić information content (AvgIpc) is 2.59. The number of carbonyl (C=O) groups is 1. The molecule has 0 atom stereocenters. The molecule has 0 bridgehead atoms. The molecule has 0 unspecified atom stereocenters. The summed E-state index contributed by atoms with van der Waals surface area (Å²) in [6, 6.07) is 3.71. The predicted octanol–water partition coefficient (Wildman–Crippen LogP) is 2.60. The van der Waals surface area contributed by atoms with Crippen LogP contribution in [0.4, 0.5) is 0 Å². The highest BCUT2D eigenvalue weighted by Gasteiger charge is 2.12. The molecule has 4 nitrogen and oxygen atoms in total. The third kappa shape index (κ3) is 1.94. The van der Waals surface area contributed by atoms with Crippen LogP contribution in [0.2, 0.25) is 0 Å². The minimum atomic E-state index is -0.945. The van der Waals surface area contributed by atoms with Gasteiger partial charge in [-0.1, -0.05) is 6.42 Å². The molecular formula is C14H14N2O2. The number of pyridine rings is 2. The number of hydrogen-bond acceptors (Lipinski definition) is 3. The van der Waals surface area contributed by atoms with E-state index >= 15 is 0 Å². The summed E-state index contributed by atoms with van der Waals surface area (Å²) in [6.07, 6.45) is 7.02. The first kappa shape index (κ1) is 11.1. The van der Waals surface area contributed by atoms with Crippen LogP contribution in [0, 0.1) is 0 Å². The zero-order chi connectivity index (χ0) is 12.5. The summed E-state index contributed by atoms with van der Waals surface area (Å²) in [6.45, 7) is 0. The van der Waals surface area contributed by atoms with Gasteiger partial charge in [-0.2, -0.15) is 0 Å². The summed E-state index contributed by atoms with van der Waals surface area (Å²) in [7, 11) is 0. The number of fused-ring (bicyclic) bond motifs is 2. The third-order valence-electron chi connectivity index (χ3n) is 3.44. The van der Waals surface area contributed by atoms with Gasteiger partial charge >= 0.3 is 5.97 Å². The molecule has 0 radical (unpaired) electrons. The van der Waals surface area contributed by atoms with Crippen LogP contribution in [0.5, 0.6) is 0 Å². The van der Waals surface area contributed by atoms with Crippen LogP contribution in [0.25, 0.3) is 11.0 Å². The Labute approximate surface area is 105 Å². The molecule has 0 fully saturated rings. The van der Waals surface area contributed by atoms with E-state index in [1.807, 2.05) is 0 Å². The molecule has 0 saturated heterocycles. The molecule has 18 heavy (non-hydrogen) atoms.